The van der Waals surface area contributed by atoms with E-state index in [4.69, 9.17) is 35.7 Å². The molecule has 0 unspecified atom stereocenters. The fraction of sp³-hybridized carbons (Fsp3) is 0.714. The van der Waals surface area contributed by atoms with E-state index in [0.717, 1.165) is 0 Å². The summed E-state index contributed by atoms with van der Waals surface area (Å²) in [6.45, 7) is -0.811. The van der Waals surface area contributed by atoms with Crippen molar-refractivity contribution in [3.63, 3.8) is 0 Å². The van der Waals surface area contributed by atoms with Crippen molar-refractivity contribution >= 4 is 0 Å². The van der Waals surface area contributed by atoms with E-state index in [1.165, 1.54) is 0 Å². The molecule has 14 heavy (non-hydrogen) atoms. The SMILES string of the molecule is O/C=C(\O)[C@H](O)[C@@H](O)[C@H](O)[C@H](O)CO. The summed E-state index contributed by atoms with van der Waals surface area (Å²) in [5, 5.41) is 61.5. The average molecular weight is 210 g/mol. The predicted octanol–water partition coefficient (Wildman–Crippen LogP) is -2.62. The molecule has 0 saturated heterocycles. The first-order valence-electron chi connectivity index (χ1n) is 3.82. The van der Waals surface area contributed by atoms with Crippen molar-refractivity contribution < 1.29 is 35.7 Å². The van der Waals surface area contributed by atoms with Gasteiger partial charge in [0.05, 0.1) is 6.61 Å². The van der Waals surface area contributed by atoms with Crippen LogP contribution in [0.1, 0.15) is 0 Å². The second-order valence-electron chi connectivity index (χ2n) is 2.73. The molecule has 0 saturated carbocycles. The molecule has 7 heteroatoms. The van der Waals surface area contributed by atoms with Crippen LogP contribution in [0.15, 0.2) is 12.0 Å². The Morgan fingerprint density at radius 1 is 1.07 bits per heavy atom. The average Bonchev–Trinajstić information content (AvgIpc) is 2.23. The lowest BCUT2D eigenvalue weighted by Crippen LogP contribution is -2.46. The fourth-order valence-corrected chi connectivity index (χ4v) is 0.774. The third-order valence-corrected chi connectivity index (χ3v) is 1.69. The normalized spacial score (nSPS) is 21.4. The Hall–Kier alpha value is -0.860. The number of hydrogen-bond acceptors (Lipinski definition) is 7. The molecule has 0 aromatic rings. The van der Waals surface area contributed by atoms with Crippen LogP contribution in [-0.2, 0) is 0 Å². The van der Waals surface area contributed by atoms with Gasteiger partial charge in [0.2, 0.25) is 0 Å². The predicted molar refractivity (Wildman–Crippen MR) is 44.5 cm³/mol. The summed E-state index contributed by atoms with van der Waals surface area (Å²) in [7, 11) is 0. The summed E-state index contributed by atoms with van der Waals surface area (Å²) in [5.41, 5.74) is 0. The summed E-state index contributed by atoms with van der Waals surface area (Å²) in [6.07, 6.45) is -7.19. The van der Waals surface area contributed by atoms with Crippen LogP contribution in [0.4, 0.5) is 0 Å². The minimum atomic E-state index is -1.93. The zero-order valence-electron chi connectivity index (χ0n) is 7.22. The van der Waals surface area contributed by atoms with Gasteiger partial charge in [-0.1, -0.05) is 0 Å². The first-order chi connectivity index (χ1) is 6.45. The zero-order chi connectivity index (χ0) is 11.3. The topological polar surface area (TPSA) is 142 Å². The van der Waals surface area contributed by atoms with Crippen molar-refractivity contribution in [2.24, 2.45) is 0 Å². The molecule has 0 bridgehead atoms. The molecule has 0 rings (SSSR count). The maximum Gasteiger partial charge on any atom is 0.158 e. The van der Waals surface area contributed by atoms with Gasteiger partial charge in [-0.15, -0.1) is 0 Å². The maximum atomic E-state index is 9.11. The van der Waals surface area contributed by atoms with Crippen LogP contribution < -0.4 is 0 Å². The van der Waals surface area contributed by atoms with E-state index < -0.39 is 36.8 Å². The molecule has 4 atom stereocenters. The Balaban J connectivity index is 4.38. The summed E-state index contributed by atoms with van der Waals surface area (Å²) in [5.74, 6) is -0.957. The van der Waals surface area contributed by atoms with E-state index in [2.05, 4.69) is 0 Å². The van der Waals surface area contributed by atoms with Gasteiger partial charge in [-0.2, -0.15) is 0 Å². The molecule has 0 aliphatic heterocycles. The molecular weight excluding hydrogens is 196 g/mol. The van der Waals surface area contributed by atoms with E-state index in [9.17, 15) is 0 Å². The molecular formula is C7H14O7. The van der Waals surface area contributed by atoms with E-state index in [1.54, 1.807) is 0 Å². The largest absolute Gasteiger partial charge is 0.512 e. The Morgan fingerprint density at radius 2 is 1.57 bits per heavy atom. The van der Waals surface area contributed by atoms with Crippen molar-refractivity contribution in [1.82, 2.24) is 0 Å². The van der Waals surface area contributed by atoms with Crippen LogP contribution in [0.2, 0.25) is 0 Å². The number of rotatable bonds is 5. The van der Waals surface area contributed by atoms with Gasteiger partial charge in [0.1, 0.15) is 30.7 Å². The van der Waals surface area contributed by atoms with Gasteiger partial charge >= 0.3 is 0 Å². The van der Waals surface area contributed by atoms with Crippen molar-refractivity contribution in [1.29, 1.82) is 0 Å². The van der Waals surface area contributed by atoms with Crippen molar-refractivity contribution in [3.8, 4) is 0 Å². The summed E-state index contributed by atoms with van der Waals surface area (Å²) >= 11 is 0. The van der Waals surface area contributed by atoms with Gasteiger partial charge in [-0.25, -0.2) is 0 Å². The van der Waals surface area contributed by atoms with Gasteiger partial charge in [-0.3, -0.25) is 0 Å². The maximum absolute atomic E-state index is 9.11. The quantitative estimate of drug-likeness (QED) is 0.246. The Bertz CT molecular complexity index is 192. The van der Waals surface area contributed by atoms with Crippen LogP contribution in [0.25, 0.3) is 0 Å². The van der Waals surface area contributed by atoms with E-state index in [0.29, 0.717) is 0 Å². The molecule has 0 aliphatic rings. The van der Waals surface area contributed by atoms with Crippen molar-refractivity contribution in [2.45, 2.75) is 24.4 Å². The molecule has 0 heterocycles. The summed E-state index contributed by atoms with van der Waals surface area (Å²) < 4.78 is 0. The molecule has 0 aliphatic carbocycles. The second kappa shape index (κ2) is 5.78. The highest BCUT2D eigenvalue weighted by Gasteiger charge is 2.32. The lowest BCUT2D eigenvalue weighted by atomic mass is 10.0. The van der Waals surface area contributed by atoms with Gasteiger partial charge in [0.15, 0.2) is 5.76 Å². The summed E-state index contributed by atoms with van der Waals surface area (Å²) in [6, 6.07) is 0. The number of aliphatic hydroxyl groups excluding tert-OH is 7. The summed E-state index contributed by atoms with van der Waals surface area (Å²) in [4.78, 5) is 0. The molecule has 0 aromatic heterocycles. The molecule has 0 aromatic carbocycles. The monoisotopic (exact) mass is 210 g/mol. The lowest BCUT2D eigenvalue weighted by molar-refractivity contribution is -0.113. The number of hydrogen-bond donors (Lipinski definition) is 7. The molecule has 0 spiro atoms. The fourth-order valence-electron chi connectivity index (χ4n) is 0.774. The van der Waals surface area contributed by atoms with Gasteiger partial charge < -0.3 is 35.7 Å². The highest BCUT2D eigenvalue weighted by Crippen LogP contribution is 2.09. The van der Waals surface area contributed by atoms with Crippen LogP contribution >= 0.6 is 0 Å². The first kappa shape index (κ1) is 13.1. The van der Waals surface area contributed by atoms with Crippen LogP contribution in [0, 0.1) is 0 Å². The van der Waals surface area contributed by atoms with Gasteiger partial charge in [0, 0.05) is 0 Å². The molecule has 7 nitrogen and oxygen atoms in total. The first-order valence-corrected chi connectivity index (χ1v) is 3.82. The molecule has 0 fully saturated rings. The van der Waals surface area contributed by atoms with Gasteiger partial charge in [-0.05, 0) is 0 Å². The molecule has 84 valence electrons. The Morgan fingerprint density at radius 3 is 1.93 bits per heavy atom. The highest BCUT2D eigenvalue weighted by molar-refractivity contribution is 4.99. The minimum absolute atomic E-state index is 0.145. The third kappa shape index (κ3) is 3.13. The second-order valence-corrected chi connectivity index (χ2v) is 2.73. The van der Waals surface area contributed by atoms with Crippen molar-refractivity contribution in [3.05, 3.63) is 12.0 Å². The van der Waals surface area contributed by atoms with Gasteiger partial charge in [0.25, 0.3) is 0 Å². The zero-order valence-corrected chi connectivity index (χ0v) is 7.22. The van der Waals surface area contributed by atoms with Crippen LogP contribution in [0.3, 0.4) is 0 Å². The van der Waals surface area contributed by atoms with E-state index in [-0.39, 0.29) is 6.26 Å². The smallest absolute Gasteiger partial charge is 0.158 e. The van der Waals surface area contributed by atoms with Crippen molar-refractivity contribution in [2.75, 3.05) is 6.61 Å². The Kier molecular flexibility index (Phi) is 5.43. The molecule has 0 radical (unpaired) electrons. The minimum Gasteiger partial charge on any atom is -0.512 e. The molecule has 0 amide bonds. The lowest BCUT2D eigenvalue weighted by Gasteiger charge is -2.24. The van der Waals surface area contributed by atoms with E-state index >= 15 is 0 Å². The van der Waals surface area contributed by atoms with Crippen LogP contribution in [0.5, 0.6) is 0 Å². The third-order valence-electron chi connectivity index (χ3n) is 1.69. The van der Waals surface area contributed by atoms with E-state index in [1.807, 2.05) is 0 Å². The standard InChI is InChI=1S/C7H14O7/c8-1-3(10)5(12)7(14)6(13)4(11)2-9/h1,4-14H,2H2/b3-1-/t4-,5+,6-,7-/m1/s1. The van der Waals surface area contributed by atoms with Crippen LogP contribution in [-0.4, -0.2) is 66.8 Å². The number of aliphatic hydroxyl groups is 7. The Labute approximate surface area is 79.8 Å². The molecule has 7 N–H and O–H groups in total. The highest BCUT2D eigenvalue weighted by atomic mass is 16.4.